The molecule has 1 aliphatic rings. The van der Waals surface area contributed by atoms with Gasteiger partial charge in [-0.25, -0.2) is 12.8 Å². The van der Waals surface area contributed by atoms with Crippen LogP contribution in [-0.2, 0) is 21.2 Å². The Hall–Kier alpha value is -3.19. The molecule has 3 aromatic carbocycles. The molecule has 1 heterocycles. The standard InChI is InChI=1S/C23H21FN2O3S/c1-17-15-18-7-5-6-10-22(18)26(17)23(27)16-25(20-13-11-19(24)12-14-20)30(28,29)21-8-3-2-4-9-21/h2-14,17H,15-16H2,1H3/t17-/m1/s1. The van der Waals surface area contributed by atoms with E-state index in [0.717, 1.165) is 15.6 Å². The quantitative estimate of drug-likeness (QED) is 0.622. The van der Waals surface area contributed by atoms with Crippen molar-refractivity contribution < 1.29 is 17.6 Å². The average molecular weight is 424 g/mol. The third-order valence-corrected chi connectivity index (χ3v) is 6.99. The Morgan fingerprint density at radius 1 is 1.00 bits per heavy atom. The molecule has 0 aliphatic carbocycles. The minimum atomic E-state index is -4.02. The number of sulfonamides is 1. The van der Waals surface area contributed by atoms with Gasteiger partial charge >= 0.3 is 0 Å². The summed E-state index contributed by atoms with van der Waals surface area (Å²) in [5.74, 6) is -0.819. The summed E-state index contributed by atoms with van der Waals surface area (Å²) in [6, 6.07) is 20.5. The number of hydrogen-bond donors (Lipinski definition) is 0. The summed E-state index contributed by atoms with van der Waals surface area (Å²) in [5.41, 5.74) is 2.08. The van der Waals surface area contributed by atoms with Gasteiger partial charge in [-0.1, -0.05) is 36.4 Å². The number of anilines is 2. The first-order chi connectivity index (χ1) is 14.4. The smallest absolute Gasteiger partial charge is 0.264 e. The first-order valence-corrected chi connectivity index (χ1v) is 11.1. The molecule has 30 heavy (non-hydrogen) atoms. The molecular formula is C23H21FN2O3S. The maximum absolute atomic E-state index is 13.5. The summed E-state index contributed by atoms with van der Waals surface area (Å²) < 4.78 is 41.2. The molecule has 0 bridgehead atoms. The van der Waals surface area contributed by atoms with Crippen LogP contribution in [0.4, 0.5) is 15.8 Å². The van der Waals surface area contributed by atoms with Crippen molar-refractivity contribution in [2.24, 2.45) is 0 Å². The van der Waals surface area contributed by atoms with Gasteiger partial charge in [0.2, 0.25) is 5.91 Å². The zero-order valence-corrected chi connectivity index (χ0v) is 17.2. The van der Waals surface area contributed by atoms with Crippen molar-refractivity contribution in [3.05, 3.63) is 90.2 Å². The van der Waals surface area contributed by atoms with Gasteiger partial charge in [-0.2, -0.15) is 0 Å². The number of halogens is 1. The van der Waals surface area contributed by atoms with E-state index in [0.29, 0.717) is 6.42 Å². The third-order valence-electron chi connectivity index (χ3n) is 5.20. The molecule has 154 valence electrons. The number of benzene rings is 3. The number of carbonyl (C=O) groups excluding carboxylic acids is 1. The normalized spacial score (nSPS) is 15.7. The van der Waals surface area contributed by atoms with Crippen LogP contribution in [0.15, 0.2) is 83.8 Å². The molecule has 0 fully saturated rings. The maximum Gasteiger partial charge on any atom is 0.264 e. The van der Waals surface area contributed by atoms with Gasteiger partial charge < -0.3 is 4.90 Å². The van der Waals surface area contributed by atoms with Crippen molar-refractivity contribution in [3.8, 4) is 0 Å². The Morgan fingerprint density at radius 3 is 2.33 bits per heavy atom. The Bertz CT molecular complexity index is 1160. The first-order valence-electron chi connectivity index (χ1n) is 9.61. The van der Waals surface area contributed by atoms with E-state index in [1.54, 1.807) is 23.1 Å². The van der Waals surface area contributed by atoms with Gasteiger partial charge in [-0.15, -0.1) is 0 Å². The number of para-hydroxylation sites is 1. The van der Waals surface area contributed by atoms with Crippen LogP contribution in [0.3, 0.4) is 0 Å². The van der Waals surface area contributed by atoms with Crippen molar-refractivity contribution in [2.45, 2.75) is 24.3 Å². The number of fused-ring (bicyclic) bond motifs is 1. The number of rotatable bonds is 5. The van der Waals surface area contributed by atoms with Crippen molar-refractivity contribution in [3.63, 3.8) is 0 Å². The predicted octanol–water partition coefficient (Wildman–Crippen LogP) is 4.00. The van der Waals surface area contributed by atoms with Gasteiger partial charge in [0.15, 0.2) is 0 Å². The third kappa shape index (κ3) is 3.68. The fourth-order valence-electron chi connectivity index (χ4n) is 3.79. The molecule has 3 aromatic rings. The van der Waals surface area contributed by atoms with E-state index >= 15 is 0 Å². The molecule has 0 N–H and O–H groups in total. The second-order valence-corrected chi connectivity index (χ2v) is 9.11. The maximum atomic E-state index is 13.5. The van der Waals surface area contributed by atoms with E-state index in [1.807, 2.05) is 31.2 Å². The molecule has 0 aromatic heterocycles. The summed E-state index contributed by atoms with van der Waals surface area (Å²) in [5, 5.41) is 0. The highest BCUT2D eigenvalue weighted by atomic mass is 32.2. The average Bonchev–Trinajstić information content (AvgIpc) is 3.09. The molecular weight excluding hydrogens is 403 g/mol. The molecule has 0 spiro atoms. The minimum absolute atomic E-state index is 0.0667. The second kappa shape index (κ2) is 7.91. The number of amides is 1. The number of hydrogen-bond acceptors (Lipinski definition) is 3. The fraction of sp³-hybridized carbons (Fsp3) is 0.174. The fourth-order valence-corrected chi connectivity index (χ4v) is 5.22. The van der Waals surface area contributed by atoms with E-state index in [1.165, 1.54) is 36.4 Å². The number of carbonyl (C=O) groups is 1. The van der Waals surface area contributed by atoms with Gasteiger partial charge in [0.1, 0.15) is 12.4 Å². The lowest BCUT2D eigenvalue weighted by Crippen LogP contribution is -2.45. The van der Waals surface area contributed by atoms with Gasteiger partial charge in [0.05, 0.1) is 10.6 Å². The zero-order chi connectivity index (χ0) is 21.3. The van der Waals surface area contributed by atoms with Crippen LogP contribution >= 0.6 is 0 Å². The van der Waals surface area contributed by atoms with Gasteiger partial charge in [0, 0.05) is 11.7 Å². The number of nitrogens with zero attached hydrogens (tertiary/aromatic N) is 2. The lowest BCUT2D eigenvalue weighted by molar-refractivity contribution is -0.117. The van der Waals surface area contributed by atoms with Gasteiger partial charge in [-0.05, 0) is 61.4 Å². The highest BCUT2D eigenvalue weighted by Crippen LogP contribution is 2.33. The van der Waals surface area contributed by atoms with Crippen molar-refractivity contribution >= 4 is 27.3 Å². The van der Waals surface area contributed by atoms with Crippen LogP contribution in [0, 0.1) is 5.82 Å². The first kappa shape index (κ1) is 20.1. The Morgan fingerprint density at radius 2 is 1.63 bits per heavy atom. The molecule has 0 radical (unpaired) electrons. The molecule has 4 rings (SSSR count). The summed E-state index contributed by atoms with van der Waals surface area (Å²) in [6.07, 6.45) is 0.712. The van der Waals surface area contributed by atoms with E-state index in [9.17, 15) is 17.6 Å². The molecule has 1 atom stereocenters. The van der Waals surface area contributed by atoms with Crippen LogP contribution < -0.4 is 9.21 Å². The van der Waals surface area contributed by atoms with Crippen molar-refractivity contribution in [2.75, 3.05) is 15.7 Å². The SMILES string of the molecule is C[C@@H]1Cc2ccccc2N1C(=O)CN(c1ccc(F)cc1)S(=O)(=O)c1ccccc1. The van der Waals surface area contributed by atoms with Crippen molar-refractivity contribution in [1.82, 2.24) is 0 Å². The van der Waals surface area contributed by atoms with Crippen LogP contribution in [0.5, 0.6) is 0 Å². The van der Waals surface area contributed by atoms with Crippen LogP contribution in [0.2, 0.25) is 0 Å². The lowest BCUT2D eigenvalue weighted by atomic mass is 10.1. The van der Waals surface area contributed by atoms with Crippen LogP contribution in [0.25, 0.3) is 0 Å². The molecule has 7 heteroatoms. The highest BCUT2D eigenvalue weighted by molar-refractivity contribution is 7.92. The topological polar surface area (TPSA) is 57.7 Å². The zero-order valence-electron chi connectivity index (χ0n) is 16.4. The lowest BCUT2D eigenvalue weighted by Gasteiger charge is -2.29. The molecule has 0 unspecified atom stereocenters. The molecule has 0 saturated heterocycles. The summed E-state index contributed by atoms with van der Waals surface area (Å²) in [6.45, 7) is 1.55. The molecule has 0 saturated carbocycles. The molecule has 1 aliphatic heterocycles. The van der Waals surface area contributed by atoms with Crippen LogP contribution in [-0.4, -0.2) is 26.9 Å². The van der Waals surface area contributed by atoms with E-state index < -0.39 is 15.8 Å². The van der Waals surface area contributed by atoms with E-state index in [4.69, 9.17) is 0 Å². The summed E-state index contributed by atoms with van der Waals surface area (Å²) in [7, 11) is -4.02. The summed E-state index contributed by atoms with van der Waals surface area (Å²) >= 11 is 0. The minimum Gasteiger partial charge on any atom is -0.307 e. The Labute approximate surface area is 175 Å². The predicted molar refractivity (Wildman–Crippen MR) is 114 cm³/mol. The molecule has 5 nitrogen and oxygen atoms in total. The Balaban J connectivity index is 1.72. The van der Waals surface area contributed by atoms with Gasteiger partial charge in [-0.3, -0.25) is 9.10 Å². The Kier molecular flexibility index (Phi) is 5.30. The van der Waals surface area contributed by atoms with Crippen molar-refractivity contribution in [1.29, 1.82) is 0 Å². The van der Waals surface area contributed by atoms with Gasteiger partial charge in [0.25, 0.3) is 10.0 Å². The van der Waals surface area contributed by atoms with E-state index in [2.05, 4.69) is 0 Å². The van der Waals surface area contributed by atoms with Crippen LogP contribution in [0.1, 0.15) is 12.5 Å². The second-order valence-electron chi connectivity index (χ2n) is 7.25. The summed E-state index contributed by atoms with van der Waals surface area (Å²) in [4.78, 5) is 15.0. The largest absolute Gasteiger partial charge is 0.307 e. The molecule has 1 amide bonds. The van der Waals surface area contributed by atoms with E-state index in [-0.39, 0.29) is 29.1 Å². The monoisotopic (exact) mass is 424 g/mol. The highest BCUT2D eigenvalue weighted by Gasteiger charge is 2.34.